The van der Waals surface area contributed by atoms with Gasteiger partial charge in [0.2, 0.25) is 0 Å². The molecule has 0 radical (unpaired) electrons. The smallest absolute Gasteiger partial charge is 0.343 e. The molecule has 0 aliphatic carbocycles. The zero-order chi connectivity index (χ0) is 19.5. The molecule has 0 unspecified atom stereocenters. The van der Waals surface area contributed by atoms with E-state index in [2.05, 4.69) is 5.10 Å². The van der Waals surface area contributed by atoms with Crippen molar-refractivity contribution in [3.63, 3.8) is 0 Å². The first-order valence-electron chi connectivity index (χ1n) is 8.64. The Labute approximate surface area is 152 Å². The summed E-state index contributed by atoms with van der Waals surface area (Å²) in [6, 6.07) is 8.48. The Morgan fingerprint density at radius 3 is 2.23 bits per heavy atom. The summed E-state index contributed by atoms with van der Waals surface area (Å²) in [4.78, 5) is 37.6. The molecule has 2 aromatic rings. The summed E-state index contributed by atoms with van der Waals surface area (Å²) in [6.07, 6.45) is 0.860. The number of esters is 1. The summed E-state index contributed by atoms with van der Waals surface area (Å²) in [6.45, 7) is 9.09. The molecule has 1 heterocycles. The highest BCUT2D eigenvalue weighted by Gasteiger charge is 2.27. The number of rotatable bonds is 5. The zero-order valence-corrected chi connectivity index (χ0v) is 15.8. The van der Waals surface area contributed by atoms with Crippen LogP contribution < -0.4 is 5.56 Å². The molecule has 1 aromatic carbocycles. The van der Waals surface area contributed by atoms with Gasteiger partial charge in [-0.3, -0.25) is 9.59 Å². The summed E-state index contributed by atoms with van der Waals surface area (Å²) in [5.74, 6) is -1.02. The van der Waals surface area contributed by atoms with Crippen LogP contribution in [0.5, 0.6) is 0 Å². The lowest BCUT2D eigenvalue weighted by Gasteiger charge is -2.17. The van der Waals surface area contributed by atoms with E-state index in [0.717, 1.165) is 16.7 Å². The largest absolute Gasteiger partial charge is 0.462 e. The van der Waals surface area contributed by atoms with Gasteiger partial charge in [0.25, 0.3) is 5.56 Å². The van der Waals surface area contributed by atoms with E-state index in [4.69, 9.17) is 4.74 Å². The van der Waals surface area contributed by atoms with Crippen LogP contribution in [-0.4, -0.2) is 28.1 Å². The van der Waals surface area contributed by atoms with Crippen molar-refractivity contribution in [3.8, 4) is 5.69 Å². The van der Waals surface area contributed by atoms with Crippen LogP contribution in [0.3, 0.4) is 0 Å². The molecule has 0 aliphatic heterocycles. The first kappa shape index (κ1) is 19.6. The average molecular weight is 356 g/mol. The SMILES string of the molecule is CCOC(=O)c1cc(C(=O)C(C)(C)C)nn(-c2ccc(CC)cc2)c1=O. The molecule has 26 heavy (non-hydrogen) atoms. The van der Waals surface area contributed by atoms with Crippen LogP contribution >= 0.6 is 0 Å². The maximum absolute atomic E-state index is 12.8. The van der Waals surface area contributed by atoms with Gasteiger partial charge in [-0.15, -0.1) is 0 Å². The average Bonchev–Trinajstić information content (AvgIpc) is 2.61. The van der Waals surface area contributed by atoms with E-state index in [9.17, 15) is 14.4 Å². The van der Waals surface area contributed by atoms with E-state index >= 15 is 0 Å². The van der Waals surface area contributed by atoms with Crippen molar-refractivity contribution in [3.05, 3.63) is 57.5 Å². The molecule has 0 amide bonds. The second kappa shape index (κ2) is 7.64. The second-order valence-electron chi connectivity index (χ2n) is 6.98. The van der Waals surface area contributed by atoms with Crippen LogP contribution in [-0.2, 0) is 11.2 Å². The number of carbonyl (C=O) groups is 2. The van der Waals surface area contributed by atoms with Crippen LogP contribution in [0, 0.1) is 5.41 Å². The third-order valence-electron chi connectivity index (χ3n) is 3.91. The van der Waals surface area contributed by atoms with Gasteiger partial charge in [0.15, 0.2) is 5.78 Å². The Kier molecular flexibility index (Phi) is 5.75. The predicted molar refractivity (Wildman–Crippen MR) is 99.0 cm³/mol. The fourth-order valence-corrected chi connectivity index (χ4v) is 2.39. The normalized spacial score (nSPS) is 11.3. The Morgan fingerprint density at radius 1 is 1.12 bits per heavy atom. The maximum Gasteiger partial charge on any atom is 0.343 e. The van der Waals surface area contributed by atoms with Gasteiger partial charge in [-0.05, 0) is 37.1 Å². The number of hydrogen-bond donors (Lipinski definition) is 0. The topological polar surface area (TPSA) is 78.3 Å². The van der Waals surface area contributed by atoms with Crippen molar-refractivity contribution >= 4 is 11.8 Å². The number of Topliss-reactive ketones (excluding diaryl/α,β-unsaturated/α-hetero) is 1. The standard InChI is InChI=1S/C20H24N2O4/c1-6-13-8-10-14(11-9-13)22-18(24)15(19(25)26-7-2)12-16(21-22)17(23)20(3,4)5/h8-12H,6-7H2,1-5H3. The number of ether oxygens (including phenoxy) is 1. The van der Waals surface area contributed by atoms with Crippen LogP contribution in [0.15, 0.2) is 35.1 Å². The minimum Gasteiger partial charge on any atom is -0.462 e. The van der Waals surface area contributed by atoms with Gasteiger partial charge >= 0.3 is 5.97 Å². The van der Waals surface area contributed by atoms with Crippen LogP contribution in [0.4, 0.5) is 0 Å². The first-order valence-corrected chi connectivity index (χ1v) is 8.64. The van der Waals surface area contributed by atoms with E-state index in [1.807, 2.05) is 19.1 Å². The molecule has 0 saturated heterocycles. The summed E-state index contributed by atoms with van der Waals surface area (Å²) in [5, 5.41) is 4.21. The molecule has 138 valence electrons. The third kappa shape index (κ3) is 4.07. The summed E-state index contributed by atoms with van der Waals surface area (Å²) >= 11 is 0. The van der Waals surface area contributed by atoms with Gasteiger partial charge in [-0.1, -0.05) is 39.8 Å². The molecule has 0 spiro atoms. The van der Waals surface area contributed by atoms with Crippen molar-refractivity contribution in [1.82, 2.24) is 9.78 Å². The Bertz CT molecular complexity index is 874. The quantitative estimate of drug-likeness (QED) is 0.607. The Morgan fingerprint density at radius 2 is 1.73 bits per heavy atom. The van der Waals surface area contributed by atoms with Gasteiger partial charge in [0.1, 0.15) is 11.3 Å². The Hall–Kier alpha value is -2.76. The molecule has 0 bridgehead atoms. The fourth-order valence-electron chi connectivity index (χ4n) is 2.39. The van der Waals surface area contributed by atoms with Crippen LogP contribution in [0.25, 0.3) is 5.69 Å². The minimum atomic E-state index is -0.762. The number of benzene rings is 1. The molecule has 0 N–H and O–H groups in total. The number of aryl methyl sites for hydroxylation is 1. The highest BCUT2D eigenvalue weighted by molar-refractivity contribution is 6.00. The lowest BCUT2D eigenvalue weighted by atomic mass is 9.88. The summed E-state index contributed by atoms with van der Waals surface area (Å²) < 4.78 is 6.05. The van der Waals surface area contributed by atoms with Gasteiger partial charge in [-0.25, -0.2) is 4.79 Å². The summed E-state index contributed by atoms with van der Waals surface area (Å²) in [5.41, 5.74) is 0.135. The third-order valence-corrected chi connectivity index (χ3v) is 3.91. The number of aromatic nitrogens is 2. The number of ketones is 1. The second-order valence-corrected chi connectivity index (χ2v) is 6.98. The first-order chi connectivity index (χ1) is 12.2. The van der Waals surface area contributed by atoms with E-state index < -0.39 is 16.9 Å². The molecule has 1 aromatic heterocycles. The molecule has 0 fully saturated rings. The Balaban J connectivity index is 2.69. The molecular weight excluding hydrogens is 332 g/mol. The summed E-state index contributed by atoms with van der Waals surface area (Å²) in [7, 11) is 0. The fraction of sp³-hybridized carbons (Fsp3) is 0.400. The minimum absolute atomic E-state index is 0.0553. The molecule has 6 nitrogen and oxygen atoms in total. The van der Waals surface area contributed by atoms with E-state index in [1.165, 1.54) is 6.07 Å². The zero-order valence-electron chi connectivity index (χ0n) is 15.8. The lowest BCUT2D eigenvalue weighted by Crippen LogP contribution is -2.32. The molecule has 0 aliphatic rings. The van der Waals surface area contributed by atoms with Crippen molar-refractivity contribution in [1.29, 1.82) is 0 Å². The monoisotopic (exact) mass is 356 g/mol. The lowest BCUT2D eigenvalue weighted by molar-refractivity contribution is 0.0523. The number of nitrogens with zero attached hydrogens (tertiary/aromatic N) is 2. The predicted octanol–water partition coefficient (Wildman–Crippen LogP) is 3.20. The van der Waals surface area contributed by atoms with E-state index in [0.29, 0.717) is 5.69 Å². The van der Waals surface area contributed by atoms with Gasteiger partial charge in [-0.2, -0.15) is 9.78 Å². The molecule has 6 heteroatoms. The molecule has 0 atom stereocenters. The number of hydrogen-bond acceptors (Lipinski definition) is 5. The molecule has 0 saturated carbocycles. The van der Waals surface area contributed by atoms with Gasteiger partial charge in [0.05, 0.1) is 12.3 Å². The maximum atomic E-state index is 12.8. The van der Waals surface area contributed by atoms with Crippen molar-refractivity contribution in [2.75, 3.05) is 6.61 Å². The van der Waals surface area contributed by atoms with Crippen LogP contribution in [0.1, 0.15) is 61.0 Å². The van der Waals surface area contributed by atoms with E-state index in [1.54, 1.807) is 39.8 Å². The molecule has 2 rings (SSSR count). The van der Waals surface area contributed by atoms with Crippen molar-refractivity contribution < 1.29 is 14.3 Å². The van der Waals surface area contributed by atoms with E-state index in [-0.39, 0.29) is 23.6 Å². The molecular formula is C20H24N2O4. The highest BCUT2D eigenvalue weighted by atomic mass is 16.5. The van der Waals surface area contributed by atoms with Gasteiger partial charge < -0.3 is 4.74 Å². The van der Waals surface area contributed by atoms with Crippen molar-refractivity contribution in [2.45, 2.75) is 41.0 Å². The van der Waals surface area contributed by atoms with Gasteiger partial charge in [0, 0.05) is 5.41 Å². The van der Waals surface area contributed by atoms with Crippen LogP contribution in [0.2, 0.25) is 0 Å². The number of carbonyl (C=O) groups excluding carboxylic acids is 2. The highest BCUT2D eigenvalue weighted by Crippen LogP contribution is 2.20. The van der Waals surface area contributed by atoms with Crippen molar-refractivity contribution in [2.24, 2.45) is 5.41 Å².